The molecule has 0 radical (unpaired) electrons. The lowest BCUT2D eigenvalue weighted by Gasteiger charge is -2.18. The minimum Gasteiger partial charge on any atom is -0.384 e. The van der Waals surface area contributed by atoms with Crippen LogP contribution in [0, 0.1) is 18.8 Å². The van der Waals surface area contributed by atoms with E-state index >= 15 is 0 Å². The lowest BCUT2D eigenvalue weighted by Crippen LogP contribution is -2.33. The van der Waals surface area contributed by atoms with Crippen molar-refractivity contribution in [2.75, 3.05) is 23.4 Å². The van der Waals surface area contributed by atoms with Crippen molar-refractivity contribution in [1.29, 1.82) is 0 Å². The Bertz CT molecular complexity index is 1350. The molecule has 1 amide bonds. The number of hydrogen-bond acceptors (Lipinski definition) is 7. The maximum absolute atomic E-state index is 13.3. The second-order valence-electron chi connectivity index (χ2n) is 9.03. The van der Waals surface area contributed by atoms with E-state index < -0.39 is 9.84 Å². The molecular weight excluding hydrogens is 456 g/mol. The van der Waals surface area contributed by atoms with Gasteiger partial charge in [0.05, 0.1) is 17.1 Å². The van der Waals surface area contributed by atoms with E-state index in [0.29, 0.717) is 29.5 Å². The average Bonchev–Trinajstić information content (AvgIpc) is 3.32. The van der Waals surface area contributed by atoms with Gasteiger partial charge in [-0.15, -0.1) is 0 Å². The van der Waals surface area contributed by atoms with E-state index in [1.54, 1.807) is 20.0 Å². The number of anilines is 2. The van der Waals surface area contributed by atoms with Gasteiger partial charge in [0.25, 0.3) is 0 Å². The maximum Gasteiger partial charge on any atom is 0.232 e. The highest BCUT2D eigenvalue weighted by Crippen LogP contribution is 2.37. The summed E-state index contributed by atoms with van der Waals surface area (Å²) in [5.41, 5.74) is 10.4. The van der Waals surface area contributed by atoms with Crippen molar-refractivity contribution in [3.63, 3.8) is 0 Å². The number of hydrogen-bond donors (Lipinski definition) is 1. The van der Waals surface area contributed by atoms with E-state index in [0.717, 1.165) is 46.6 Å². The van der Waals surface area contributed by atoms with E-state index in [1.165, 1.54) is 4.90 Å². The number of benzene rings is 1. The van der Waals surface area contributed by atoms with Crippen LogP contribution in [-0.4, -0.2) is 37.1 Å². The minimum absolute atomic E-state index is 0.0466. The Balaban J connectivity index is 1.33. The topological polar surface area (TPSA) is 106 Å². The number of aromatic nitrogens is 2. The Labute approximate surface area is 197 Å². The standard InChI is InChI=1S/C24H26N4O3S2/c1-14-23(33(30,31)13-15-6-7-15)32-24(26-14)28(2)22(29)19-10-16-8-9-17(11-18(16)12-19)20-4-3-5-21(25)27-20/h3-5,8-9,11,15,19H,6-7,10,12-13H2,1-2H3,(H2,25,27). The van der Waals surface area contributed by atoms with Gasteiger partial charge in [0.1, 0.15) is 10.0 Å². The van der Waals surface area contributed by atoms with Gasteiger partial charge in [0.15, 0.2) is 15.0 Å². The number of sulfone groups is 1. The molecule has 1 fully saturated rings. The molecule has 33 heavy (non-hydrogen) atoms. The molecule has 2 N–H and O–H groups in total. The molecule has 1 aromatic carbocycles. The quantitative estimate of drug-likeness (QED) is 0.575. The number of aryl methyl sites for hydroxylation is 1. The molecule has 2 aliphatic rings. The van der Waals surface area contributed by atoms with Gasteiger partial charge in [-0.3, -0.25) is 9.69 Å². The summed E-state index contributed by atoms with van der Waals surface area (Å²) in [6.07, 6.45) is 3.23. The molecule has 172 valence electrons. The number of thiazole rings is 1. The largest absolute Gasteiger partial charge is 0.384 e. The first kappa shape index (κ1) is 22.0. The van der Waals surface area contributed by atoms with Crippen molar-refractivity contribution in [1.82, 2.24) is 9.97 Å². The van der Waals surface area contributed by atoms with E-state index in [-0.39, 0.29) is 27.7 Å². The molecule has 0 spiro atoms. The van der Waals surface area contributed by atoms with Crippen LogP contribution in [0.1, 0.15) is 29.7 Å². The molecule has 3 aromatic rings. The summed E-state index contributed by atoms with van der Waals surface area (Å²) < 4.78 is 25.8. The van der Waals surface area contributed by atoms with Gasteiger partial charge < -0.3 is 5.73 Å². The van der Waals surface area contributed by atoms with Gasteiger partial charge in [-0.1, -0.05) is 29.5 Å². The summed E-state index contributed by atoms with van der Waals surface area (Å²) in [6, 6.07) is 11.7. The first-order chi connectivity index (χ1) is 15.7. The van der Waals surface area contributed by atoms with Crippen molar-refractivity contribution in [3.8, 4) is 11.3 Å². The Hall–Kier alpha value is -2.78. The fourth-order valence-electron chi connectivity index (χ4n) is 4.40. The number of nitrogen functional groups attached to an aromatic ring is 1. The van der Waals surface area contributed by atoms with Gasteiger partial charge >= 0.3 is 0 Å². The van der Waals surface area contributed by atoms with Gasteiger partial charge in [-0.05, 0) is 67.9 Å². The molecule has 7 nitrogen and oxygen atoms in total. The number of fused-ring (bicyclic) bond motifs is 1. The first-order valence-corrected chi connectivity index (χ1v) is 13.5. The Kier molecular flexibility index (Phi) is 5.49. The van der Waals surface area contributed by atoms with E-state index in [1.807, 2.05) is 18.2 Å². The summed E-state index contributed by atoms with van der Waals surface area (Å²) in [6.45, 7) is 1.70. The van der Waals surface area contributed by atoms with Crippen LogP contribution < -0.4 is 10.6 Å². The number of nitrogens with zero attached hydrogens (tertiary/aromatic N) is 3. The van der Waals surface area contributed by atoms with Crippen LogP contribution in [-0.2, 0) is 27.5 Å². The van der Waals surface area contributed by atoms with Crippen molar-refractivity contribution in [2.45, 2.75) is 36.8 Å². The predicted octanol–water partition coefficient (Wildman–Crippen LogP) is 3.66. The molecule has 1 atom stereocenters. The summed E-state index contributed by atoms with van der Waals surface area (Å²) >= 11 is 1.10. The minimum atomic E-state index is -3.36. The van der Waals surface area contributed by atoms with Crippen LogP contribution >= 0.6 is 11.3 Å². The summed E-state index contributed by atoms with van der Waals surface area (Å²) in [7, 11) is -1.68. The van der Waals surface area contributed by atoms with Crippen molar-refractivity contribution in [2.24, 2.45) is 11.8 Å². The number of amides is 1. The van der Waals surface area contributed by atoms with Crippen LogP contribution in [0.3, 0.4) is 0 Å². The number of carbonyl (C=O) groups is 1. The second kappa shape index (κ2) is 8.22. The fraction of sp³-hybridized carbons (Fsp3) is 0.375. The van der Waals surface area contributed by atoms with Crippen LogP contribution in [0.25, 0.3) is 11.3 Å². The predicted molar refractivity (Wildman–Crippen MR) is 130 cm³/mol. The Morgan fingerprint density at radius 3 is 2.64 bits per heavy atom. The zero-order valence-corrected chi connectivity index (χ0v) is 20.2. The molecule has 2 heterocycles. The maximum atomic E-state index is 13.3. The van der Waals surface area contributed by atoms with Crippen molar-refractivity contribution in [3.05, 3.63) is 53.2 Å². The highest BCUT2D eigenvalue weighted by atomic mass is 32.2. The van der Waals surface area contributed by atoms with Crippen molar-refractivity contribution < 1.29 is 13.2 Å². The SMILES string of the molecule is Cc1nc(N(C)C(=O)C2Cc3ccc(-c4cccc(N)n4)cc3C2)sc1S(=O)(=O)CC1CC1. The number of rotatable bonds is 6. The number of carbonyl (C=O) groups excluding carboxylic acids is 1. The van der Waals surface area contributed by atoms with Crippen LogP contribution in [0.5, 0.6) is 0 Å². The molecule has 2 aliphatic carbocycles. The monoisotopic (exact) mass is 482 g/mol. The van der Waals surface area contributed by atoms with E-state index in [4.69, 9.17) is 5.73 Å². The molecule has 9 heteroatoms. The van der Waals surface area contributed by atoms with Crippen LogP contribution in [0.4, 0.5) is 10.9 Å². The molecular formula is C24H26N4O3S2. The highest BCUT2D eigenvalue weighted by Gasteiger charge is 2.34. The lowest BCUT2D eigenvalue weighted by atomic mass is 10.0. The van der Waals surface area contributed by atoms with E-state index in [9.17, 15) is 13.2 Å². The molecule has 5 rings (SSSR count). The number of nitrogens with two attached hydrogens (primary N) is 1. The molecule has 0 aliphatic heterocycles. The molecule has 1 unspecified atom stereocenters. The molecule has 2 aromatic heterocycles. The first-order valence-electron chi connectivity index (χ1n) is 11.0. The normalized spacial score (nSPS) is 17.7. The summed E-state index contributed by atoms with van der Waals surface area (Å²) in [5, 5.41) is 0.437. The Morgan fingerprint density at radius 1 is 1.15 bits per heavy atom. The highest BCUT2D eigenvalue weighted by molar-refractivity contribution is 7.93. The zero-order valence-electron chi connectivity index (χ0n) is 18.6. The molecule has 0 saturated heterocycles. The van der Waals surface area contributed by atoms with E-state index in [2.05, 4.69) is 22.1 Å². The third-order valence-corrected chi connectivity index (χ3v) is 10.2. The van der Waals surface area contributed by atoms with Gasteiger partial charge in [-0.25, -0.2) is 18.4 Å². The van der Waals surface area contributed by atoms with Gasteiger partial charge in [0, 0.05) is 18.5 Å². The molecule has 0 bridgehead atoms. The van der Waals surface area contributed by atoms with Gasteiger partial charge in [0.2, 0.25) is 5.91 Å². The van der Waals surface area contributed by atoms with Crippen LogP contribution in [0.2, 0.25) is 0 Å². The fourth-order valence-corrected chi connectivity index (χ4v) is 7.71. The summed E-state index contributed by atoms with van der Waals surface area (Å²) in [4.78, 5) is 23.6. The third-order valence-electron chi connectivity index (χ3n) is 6.35. The van der Waals surface area contributed by atoms with Crippen LogP contribution in [0.15, 0.2) is 40.6 Å². The Morgan fingerprint density at radius 2 is 1.91 bits per heavy atom. The molecule has 1 saturated carbocycles. The average molecular weight is 483 g/mol. The third kappa shape index (κ3) is 4.39. The zero-order chi connectivity index (χ0) is 23.3. The smallest absolute Gasteiger partial charge is 0.232 e. The second-order valence-corrected chi connectivity index (χ2v) is 12.2. The summed E-state index contributed by atoms with van der Waals surface area (Å²) in [5.74, 6) is 0.665. The number of pyridine rings is 1. The van der Waals surface area contributed by atoms with Crippen molar-refractivity contribution >= 4 is 38.0 Å². The van der Waals surface area contributed by atoms with Gasteiger partial charge in [-0.2, -0.15) is 0 Å². The lowest BCUT2D eigenvalue weighted by molar-refractivity contribution is -0.121.